The fraction of sp³-hybridized carbons (Fsp3) is 0.0345. The third kappa shape index (κ3) is 7.15. The van der Waals surface area contributed by atoms with E-state index in [4.69, 9.17) is 16.3 Å². The van der Waals surface area contributed by atoms with Gasteiger partial charge in [0, 0.05) is 31.9 Å². The largest absolute Gasteiger partial charge is 0.422 e. The van der Waals surface area contributed by atoms with Crippen LogP contribution >= 0.6 is 27.5 Å². The number of rotatable bonds is 7. The summed E-state index contributed by atoms with van der Waals surface area (Å²) in [6, 6.07) is 25.0. The molecule has 9 heteroatoms. The van der Waals surface area contributed by atoms with Crippen LogP contribution in [0.5, 0.6) is 5.75 Å². The van der Waals surface area contributed by atoms with Gasteiger partial charge >= 0.3 is 5.97 Å². The van der Waals surface area contributed by atoms with Crippen LogP contribution in [0.2, 0.25) is 5.02 Å². The van der Waals surface area contributed by atoms with E-state index in [-0.39, 0.29) is 11.7 Å². The fourth-order valence-corrected chi connectivity index (χ4v) is 3.80. The van der Waals surface area contributed by atoms with Gasteiger partial charge in [0.15, 0.2) is 0 Å². The number of aryl methyl sites for hydroxylation is 1. The molecule has 0 aliphatic carbocycles. The quantitative estimate of drug-likeness (QED) is 0.109. The summed E-state index contributed by atoms with van der Waals surface area (Å²) in [5.74, 6) is -0.988. The van der Waals surface area contributed by atoms with Crippen molar-refractivity contribution in [1.29, 1.82) is 0 Å². The first-order valence-corrected chi connectivity index (χ1v) is 12.5. The van der Waals surface area contributed by atoms with Gasteiger partial charge in [-0.2, -0.15) is 5.10 Å². The van der Waals surface area contributed by atoms with Crippen molar-refractivity contribution in [2.45, 2.75) is 6.92 Å². The number of ether oxygens (including phenoxy) is 1. The maximum Gasteiger partial charge on any atom is 0.343 e. The van der Waals surface area contributed by atoms with Crippen molar-refractivity contribution in [2.75, 3.05) is 5.32 Å². The summed E-state index contributed by atoms with van der Waals surface area (Å²) in [5, 5.41) is 7.31. The van der Waals surface area contributed by atoms with Crippen molar-refractivity contribution >= 4 is 57.2 Å². The highest BCUT2D eigenvalue weighted by molar-refractivity contribution is 9.10. The van der Waals surface area contributed by atoms with Crippen molar-refractivity contribution in [3.63, 3.8) is 0 Å². The lowest BCUT2D eigenvalue weighted by molar-refractivity contribution is 0.0734. The minimum absolute atomic E-state index is 0.242. The number of nitrogens with zero attached hydrogens (tertiary/aromatic N) is 1. The Bertz CT molecular complexity index is 1500. The number of esters is 1. The Morgan fingerprint density at radius 2 is 1.42 bits per heavy atom. The van der Waals surface area contributed by atoms with Gasteiger partial charge in [-0.05, 0) is 85.8 Å². The zero-order chi connectivity index (χ0) is 27.1. The topological polar surface area (TPSA) is 96.9 Å². The van der Waals surface area contributed by atoms with Crippen LogP contribution in [0.1, 0.15) is 42.2 Å². The van der Waals surface area contributed by atoms with Crippen molar-refractivity contribution in [3.05, 3.63) is 128 Å². The number of halogens is 2. The smallest absolute Gasteiger partial charge is 0.343 e. The normalized spacial score (nSPS) is 10.7. The third-order valence-corrected chi connectivity index (χ3v) is 6.09. The van der Waals surface area contributed by atoms with Crippen LogP contribution in [0.25, 0.3) is 0 Å². The van der Waals surface area contributed by atoms with E-state index in [9.17, 15) is 14.4 Å². The minimum atomic E-state index is -0.558. The molecule has 2 N–H and O–H groups in total. The molecular weight excluding hydrogens is 570 g/mol. The SMILES string of the molecule is Cc1ccc(C(=O)Nc2ccc(C(=O)N/N=C\c3cc(Br)ccc3OC(=O)c3ccc(Cl)cc3)cc2)cc1. The minimum Gasteiger partial charge on any atom is -0.422 e. The fourth-order valence-electron chi connectivity index (χ4n) is 3.30. The van der Waals surface area contributed by atoms with Crippen LogP contribution in [-0.2, 0) is 0 Å². The molecule has 0 aliphatic heterocycles. The van der Waals surface area contributed by atoms with Crippen molar-refractivity contribution in [1.82, 2.24) is 5.43 Å². The molecule has 38 heavy (non-hydrogen) atoms. The molecule has 7 nitrogen and oxygen atoms in total. The van der Waals surface area contributed by atoms with Gasteiger partial charge in [-0.15, -0.1) is 0 Å². The summed E-state index contributed by atoms with van der Waals surface area (Å²) < 4.78 is 6.25. The average molecular weight is 591 g/mol. The molecule has 0 atom stereocenters. The first-order chi connectivity index (χ1) is 18.3. The molecule has 0 aliphatic rings. The lowest BCUT2D eigenvalue weighted by Crippen LogP contribution is -2.18. The summed E-state index contributed by atoms with van der Waals surface area (Å²) in [7, 11) is 0. The van der Waals surface area contributed by atoms with Crippen LogP contribution in [0.4, 0.5) is 5.69 Å². The molecule has 190 valence electrons. The highest BCUT2D eigenvalue weighted by atomic mass is 79.9. The third-order valence-electron chi connectivity index (χ3n) is 5.34. The number of carbonyl (C=O) groups is 3. The standard InChI is InChI=1S/C29H21BrClN3O4/c1-18-2-4-19(5-3-18)27(35)33-25-13-8-20(9-14-25)28(36)34-32-17-22-16-23(30)10-15-26(22)38-29(37)21-6-11-24(31)12-7-21/h2-17H,1H3,(H,33,35)(H,34,36)/b32-17-. The highest BCUT2D eigenvalue weighted by Crippen LogP contribution is 2.23. The van der Waals surface area contributed by atoms with Crippen LogP contribution in [-0.4, -0.2) is 24.0 Å². The number of hydrazone groups is 1. The summed E-state index contributed by atoms with van der Waals surface area (Å²) >= 11 is 9.26. The molecular formula is C29H21BrClN3O4. The molecule has 4 aromatic rings. The molecule has 0 bridgehead atoms. The summed E-state index contributed by atoms with van der Waals surface area (Å²) in [6.45, 7) is 1.95. The number of benzene rings is 4. The molecule has 0 heterocycles. The average Bonchev–Trinajstić information content (AvgIpc) is 2.91. The molecule has 0 aromatic heterocycles. The zero-order valence-corrected chi connectivity index (χ0v) is 22.4. The predicted molar refractivity (Wildman–Crippen MR) is 151 cm³/mol. The molecule has 0 spiro atoms. The van der Waals surface area contributed by atoms with Gasteiger partial charge in [0.2, 0.25) is 0 Å². The lowest BCUT2D eigenvalue weighted by Gasteiger charge is -2.08. The maximum absolute atomic E-state index is 12.5. The summed E-state index contributed by atoms with van der Waals surface area (Å²) in [5.41, 5.74) is 5.76. The van der Waals surface area contributed by atoms with E-state index in [0.717, 1.165) is 10.0 Å². The number of amides is 2. The van der Waals surface area contributed by atoms with E-state index in [1.54, 1.807) is 78.9 Å². The van der Waals surface area contributed by atoms with Gasteiger partial charge in [0.1, 0.15) is 5.75 Å². The highest BCUT2D eigenvalue weighted by Gasteiger charge is 2.12. The van der Waals surface area contributed by atoms with Gasteiger partial charge in [0.05, 0.1) is 11.8 Å². The summed E-state index contributed by atoms with van der Waals surface area (Å²) in [4.78, 5) is 37.4. The lowest BCUT2D eigenvalue weighted by atomic mass is 10.1. The zero-order valence-electron chi connectivity index (χ0n) is 20.1. The Hall–Kier alpha value is -4.27. The van der Waals surface area contributed by atoms with Gasteiger partial charge in [0.25, 0.3) is 11.8 Å². The van der Waals surface area contributed by atoms with Gasteiger partial charge < -0.3 is 10.1 Å². The van der Waals surface area contributed by atoms with E-state index in [2.05, 4.69) is 31.8 Å². The number of nitrogens with one attached hydrogen (secondary N) is 2. The van der Waals surface area contributed by atoms with E-state index < -0.39 is 11.9 Å². The second kappa shape index (κ2) is 12.3. The Kier molecular flexibility index (Phi) is 8.68. The molecule has 4 rings (SSSR count). The Balaban J connectivity index is 1.38. The number of anilines is 1. The van der Waals surface area contributed by atoms with Gasteiger partial charge in [-0.3, -0.25) is 9.59 Å². The number of hydrogen-bond donors (Lipinski definition) is 2. The predicted octanol–water partition coefficient (Wildman–Crippen LogP) is 6.65. The van der Waals surface area contributed by atoms with Crippen molar-refractivity contribution < 1.29 is 19.1 Å². The second-order valence-electron chi connectivity index (χ2n) is 8.18. The monoisotopic (exact) mass is 589 g/mol. The van der Waals surface area contributed by atoms with Crippen LogP contribution in [0.3, 0.4) is 0 Å². The van der Waals surface area contributed by atoms with Crippen molar-refractivity contribution in [2.24, 2.45) is 5.10 Å². The Morgan fingerprint density at radius 3 is 2.11 bits per heavy atom. The molecule has 4 aromatic carbocycles. The van der Waals surface area contributed by atoms with E-state index in [1.807, 2.05) is 19.1 Å². The number of carbonyl (C=O) groups excluding carboxylic acids is 3. The van der Waals surface area contributed by atoms with Crippen LogP contribution in [0, 0.1) is 6.92 Å². The summed E-state index contributed by atoms with van der Waals surface area (Å²) in [6.07, 6.45) is 1.38. The first-order valence-electron chi connectivity index (χ1n) is 11.4. The Morgan fingerprint density at radius 1 is 0.816 bits per heavy atom. The van der Waals surface area contributed by atoms with E-state index in [0.29, 0.717) is 33.0 Å². The van der Waals surface area contributed by atoms with Crippen molar-refractivity contribution in [3.8, 4) is 5.75 Å². The Labute approximate surface area is 232 Å². The first kappa shape index (κ1) is 26.8. The molecule has 0 fully saturated rings. The molecule has 0 radical (unpaired) electrons. The maximum atomic E-state index is 12.5. The molecule has 0 unspecified atom stereocenters. The van der Waals surface area contributed by atoms with Crippen LogP contribution < -0.4 is 15.5 Å². The van der Waals surface area contributed by atoms with E-state index >= 15 is 0 Å². The van der Waals surface area contributed by atoms with Crippen LogP contribution in [0.15, 0.2) is 101 Å². The number of hydrogen-bond acceptors (Lipinski definition) is 5. The molecule has 0 saturated heterocycles. The molecule has 2 amide bonds. The second-order valence-corrected chi connectivity index (χ2v) is 9.53. The molecule has 0 saturated carbocycles. The van der Waals surface area contributed by atoms with Gasteiger partial charge in [-0.1, -0.05) is 45.2 Å². The van der Waals surface area contributed by atoms with E-state index in [1.165, 1.54) is 6.21 Å². The van der Waals surface area contributed by atoms with Gasteiger partial charge in [-0.25, -0.2) is 10.2 Å².